The van der Waals surface area contributed by atoms with E-state index in [0.29, 0.717) is 0 Å². The van der Waals surface area contributed by atoms with Crippen LogP contribution in [0.4, 0.5) is 18.9 Å². The Kier molecular flexibility index (Phi) is 4.72. The maximum absolute atomic E-state index is 12.6. The van der Waals surface area contributed by atoms with Crippen molar-refractivity contribution in [2.75, 3.05) is 11.9 Å². The van der Waals surface area contributed by atoms with Crippen molar-refractivity contribution in [3.05, 3.63) is 29.3 Å². The Morgan fingerprint density at radius 2 is 2.06 bits per heavy atom. The van der Waals surface area contributed by atoms with Gasteiger partial charge in [-0.15, -0.1) is 0 Å². The van der Waals surface area contributed by atoms with Crippen LogP contribution in [0.5, 0.6) is 0 Å². The lowest BCUT2D eigenvalue weighted by Gasteiger charge is -2.12. The number of amides is 1. The van der Waals surface area contributed by atoms with Gasteiger partial charge in [-0.3, -0.25) is 4.79 Å². The summed E-state index contributed by atoms with van der Waals surface area (Å²) in [6, 6.07) is 3.64. The molecule has 6 heteroatoms. The normalized spacial score (nSPS) is 11.4. The van der Waals surface area contributed by atoms with E-state index in [1.54, 1.807) is 0 Å². The molecule has 0 spiro atoms. The number of aliphatic hydroxyl groups excluding tert-OH is 1. The lowest BCUT2D eigenvalue weighted by molar-refractivity contribution is -0.138. The molecule has 3 nitrogen and oxygen atoms in total. The number of nitrogens with one attached hydrogen (secondary N) is 1. The van der Waals surface area contributed by atoms with Gasteiger partial charge in [-0.2, -0.15) is 13.2 Å². The smallest absolute Gasteiger partial charge is 0.396 e. The Morgan fingerprint density at radius 1 is 1.39 bits per heavy atom. The van der Waals surface area contributed by atoms with Gasteiger partial charge in [-0.25, -0.2) is 0 Å². The van der Waals surface area contributed by atoms with Crippen molar-refractivity contribution in [3.8, 4) is 0 Å². The molecule has 0 aromatic heterocycles. The van der Waals surface area contributed by atoms with Crippen molar-refractivity contribution in [3.63, 3.8) is 0 Å². The number of halogens is 3. The molecule has 1 aromatic rings. The maximum atomic E-state index is 12.6. The topological polar surface area (TPSA) is 49.3 Å². The minimum absolute atomic E-state index is 0.0751. The summed E-state index contributed by atoms with van der Waals surface area (Å²) in [7, 11) is 0. The van der Waals surface area contributed by atoms with Gasteiger partial charge in [0.1, 0.15) is 0 Å². The molecular weight excluding hydrogens is 247 g/mol. The van der Waals surface area contributed by atoms with Crippen LogP contribution >= 0.6 is 0 Å². The SMILES string of the molecule is Cc1ccc(NC(=O)CCCO)cc1C(F)(F)F. The monoisotopic (exact) mass is 261 g/mol. The van der Waals surface area contributed by atoms with Crippen molar-refractivity contribution in [2.45, 2.75) is 25.9 Å². The van der Waals surface area contributed by atoms with Crippen LogP contribution in [0.25, 0.3) is 0 Å². The van der Waals surface area contributed by atoms with Crippen LogP contribution in [0.1, 0.15) is 24.0 Å². The molecule has 0 unspecified atom stereocenters. The number of benzene rings is 1. The summed E-state index contributed by atoms with van der Waals surface area (Å²) < 4.78 is 37.9. The fourth-order valence-electron chi connectivity index (χ4n) is 1.47. The zero-order chi connectivity index (χ0) is 13.8. The summed E-state index contributed by atoms with van der Waals surface area (Å²) >= 11 is 0. The van der Waals surface area contributed by atoms with Gasteiger partial charge in [-0.1, -0.05) is 6.07 Å². The summed E-state index contributed by atoms with van der Waals surface area (Å²) in [5.74, 6) is -0.416. The van der Waals surface area contributed by atoms with Crippen LogP contribution in [-0.2, 0) is 11.0 Å². The third kappa shape index (κ3) is 4.03. The Bertz CT molecular complexity index is 430. The number of aryl methyl sites for hydroxylation is 1. The van der Waals surface area contributed by atoms with Crippen LogP contribution in [0, 0.1) is 6.92 Å². The summed E-state index contributed by atoms with van der Waals surface area (Å²) in [6.07, 6.45) is -4.08. The number of carbonyl (C=O) groups excluding carboxylic acids is 1. The highest BCUT2D eigenvalue weighted by Crippen LogP contribution is 2.33. The van der Waals surface area contributed by atoms with Crippen molar-refractivity contribution in [2.24, 2.45) is 0 Å². The molecular formula is C12H14F3NO2. The summed E-state index contributed by atoms with van der Waals surface area (Å²) in [4.78, 5) is 11.3. The predicted octanol–water partition coefficient (Wildman–Crippen LogP) is 2.72. The van der Waals surface area contributed by atoms with Gasteiger partial charge in [-0.05, 0) is 31.0 Å². The number of hydrogen-bond acceptors (Lipinski definition) is 2. The second-order valence-corrected chi connectivity index (χ2v) is 3.90. The van der Waals surface area contributed by atoms with E-state index in [1.165, 1.54) is 19.1 Å². The number of carbonyl (C=O) groups is 1. The highest BCUT2D eigenvalue weighted by molar-refractivity contribution is 5.90. The Labute approximate surface area is 103 Å². The van der Waals surface area contributed by atoms with E-state index in [2.05, 4.69) is 5.32 Å². The first kappa shape index (κ1) is 14.5. The van der Waals surface area contributed by atoms with Crippen LogP contribution in [0.2, 0.25) is 0 Å². The molecule has 1 amide bonds. The Hall–Kier alpha value is -1.56. The minimum Gasteiger partial charge on any atom is -0.396 e. The van der Waals surface area contributed by atoms with E-state index in [-0.39, 0.29) is 30.7 Å². The molecule has 100 valence electrons. The molecule has 0 heterocycles. The summed E-state index contributed by atoms with van der Waals surface area (Å²) in [5.41, 5.74) is -0.547. The molecule has 2 N–H and O–H groups in total. The second-order valence-electron chi connectivity index (χ2n) is 3.90. The van der Waals surface area contributed by atoms with Crippen molar-refractivity contribution in [1.82, 2.24) is 0 Å². The molecule has 0 fully saturated rings. The van der Waals surface area contributed by atoms with E-state index in [9.17, 15) is 18.0 Å². The average molecular weight is 261 g/mol. The third-order valence-corrected chi connectivity index (χ3v) is 2.39. The van der Waals surface area contributed by atoms with Crippen LogP contribution < -0.4 is 5.32 Å². The van der Waals surface area contributed by atoms with Crippen LogP contribution in [0.3, 0.4) is 0 Å². The molecule has 18 heavy (non-hydrogen) atoms. The molecule has 0 aliphatic heterocycles. The zero-order valence-electron chi connectivity index (χ0n) is 9.84. The highest BCUT2D eigenvalue weighted by atomic mass is 19.4. The number of alkyl halides is 3. The van der Waals surface area contributed by atoms with Crippen molar-refractivity contribution in [1.29, 1.82) is 0 Å². The molecule has 0 bridgehead atoms. The molecule has 0 aliphatic carbocycles. The lowest BCUT2D eigenvalue weighted by Crippen LogP contribution is -2.13. The standard InChI is InChI=1S/C12H14F3NO2/c1-8-4-5-9(7-10(8)12(13,14)15)16-11(18)3-2-6-17/h4-5,7,17H,2-3,6H2,1H3,(H,16,18). The van der Waals surface area contributed by atoms with Gasteiger partial charge in [0.2, 0.25) is 5.91 Å². The second kappa shape index (κ2) is 5.86. The van der Waals surface area contributed by atoms with Gasteiger partial charge in [0.25, 0.3) is 0 Å². The average Bonchev–Trinajstić information content (AvgIpc) is 2.27. The van der Waals surface area contributed by atoms with Crippen molar-refractivity contribution < 1.29 is 23.1 Å². The largest absolute Gasteiger partial charge is 0.416 e. The van der Waals surface area contributed by atoms with Crippen LogP contribution in [-0.4, -0.2) is 17.6 Å². The molecule has 0 aliphatic rings. The Morgan fingerprint density at radius 3 is 2.61 bits per heavy atom. The van der Waals surface area contributed by atoms with Gasteiger partial charge >= 0.3 is 6.18 Å². The third-order valence-electron chi connectivity index (χ3n) is 2.39. The number of rotatable bonds is 4. The van der Waals surface area contributed by atoms with Crippen LogP contribution in [0.15, 0.2) is 18.2 Å². The molecule has 0 saturated heterocycles. The van der Waals surface area contributed by atoms with E-state index >= 15 is 0 Å². The van der Waals surface area contributed by atoms with Gasteiger partial charge < -0.3 is 10.4 Å². The molecule has 1 rings (SSSR count). The first-order chi connectivity index (χ1) is 8.34. The van der Waals surface area contributed by atoms with E-state index < -0.39 is 17.6 Å². The molecule has 0 atom stereocenters. The predicted molar refractivity (Wildman–Crippen MR) is 61.1 cm³/mol. The lowest BCUT2D eigenvalue weighted by atomic mass is 10.1. The minimum atomic E-state index is -4.43. The van der Waals surface area contributed by atoms with E-state index in [1.807, 2.05) is 0 Å². The summed E-state index contributed by atoms with van der Waals surface area (Å²) in [6.45, 7) is 1.23. The van der Waals surface area contributed by atoms with E-state index in [4.69, 9.17) is 5.11 Å². The van der Waals surface area contributed by atoms with Gasteiger partial charge in [0, 0.05) is 18.7 Å². The maximum Gasteiger partial charge on any atom is 0.416 e. The van der Waals surface area contributed by atoms with Crippen molar-refractivity contribution >= 4 is 11.6 Å². The highest BCUT2D eigenvalue weighted by Gasteiger charge is 2.32. The van der Waals surface area contributed by atoms with Gasteiger partial charge in [0.15, 0.2) is 0 Å². The molecule has 0 radical (unpaired) electrons. The Balaban J connectivity index is 2.83. The number of aliphatic hydroxyl groups is 1. The van der Waals surface area contributed by atoms with E-state index in [0.717, 1.165) is 6.07 Å². The fourth-order valence-corrected chi connectivity index (χ4v) is 1.47. The molecule has 0 saturated carbocycles. The zero-order valence-corrected chi connectivity index (χ0v) is 9.84. The number of anilines is 1. The van der Waals surface area contributed by atoms with Gasteiger partial charge in [0.05, 0.1) is 5.56 Å². The first-order valence-electron chi connectivity index (χ1n) is 5.43. The first-order valence-corrected chi connectivity index (χ1v) is 5.43. The summed E-state index contributed by atoms with van der Waals surface area (Å²) in [5, 5.41) is 10.9. The number of hydrogen-bond donors (Lipinski definition) is 2. The molecule has 1 aromatic carbocycles. The quantitative estimate of drug-likeness (QED) is 0.875. The fraction of sp³-hybridized carbons (Fsp3) is 0.417.